The summed E-state index contributed by atoms with van der Waals surface area (Å²) in [5, 5.41) is 6.54. The Kier molecular flexibility index (Phi) is 7.42. The van der Waals surface area contributed by atoms with E-state index in [4.69, 9.17) is 13.8 Å². The molecule has 0 saturated carbocycles. The summed E-state index contributed by atoms with van der Waals surface area (Å²) >= 11 is 0. The van der Waals surface area contributed by atoms with Gasteiger partial charge in [0.25, 0.3) is 0 Å². The van der Waals surface area contributed by atoms with Gasteiger partial charge in [-0.15, -0.1) is 0 Å². The van der Waals surface area contributed by atoms with Crippen molar-refractivity contribution in [2.75, 3.05) is 9.80 Å². The fourth-order valence-electron chi connectivity index (χ4n) is 8.17. The van der Waals surface area contributed by atoms with Gasteiger partial charge in [0.05, 0.1) is 11.1 Å². The Hall–Kier alpha value is -7.63. The molecular formula is C51H33N3O2. The molecule has 0 spiro atoms. The standard InChI is InChI=1S/C51H33N3O2/c1-3-17-35(18-4-1)53(36-19-5-2-6-20-36)38-22-14-23-39(33-38)54(45-29-15-31-47-48(45)44-28-11-12-30-46(44)55-47)37-21-13-16-34(32-37)51-52-49-42-26-9-7-24-40(42)41-25-8-10-27-43(41)50(49)56-51/h1-33H. The van der Waals surface area contributed by atoms with E-state index < -0.39 is 0 Å². The maximum Gasteiger partial charge on any atom is 0.227 e. The van der Waals surface area contributed by atoms with Crippen LogP contribution in [0.4, 0.5) is 34.1 Å². The number of anilines is 6. The van der Waals surface area contributed by atoms with Crippen molar-refractivity contribution in [2.24, 2.45) is 0 Å². The molecule has 0 bridgehead atoms. The van der Waals surface area contributed by atoms with Crippen LogP contribution in [0.3, 0.4) is 0 Å². The average Bonchev–Trinajstić information content (AvgIpc) is 3.89. The third-order valence-corrected chi connectivity index (χ3v) is 10.6. The van der Waals surface area contributed by atoms with Gasteiger partial charge in [0.15, 0.2) is 5.58 Å². The lowest BCUT2D eigenvalue weighted by atomic mass is 10.0. The van der Waals surface area contributed by atoms with Crippen LogP contribution in [0.1, 0.15) is 0 Å². The van der Waals surface area contributed by atoms with Gasteiger partial charge in [0.2, 0.25) is 5.89 Å². The van der Waals surface area contributed by atoms with Crippen molar-refractivity contribution in [3.8, 4) is 11.5 Å². The molecule has 9 aromatic carbocycles. The Morgan fingerprint density at radius 1 is 0.357 bits per heavy atom. The van der Waals surface area contributed by atoms with Crippen LogP contribution in [0, 0.1) is 0 Å². The number of rotatable bonds is 7. The number of hydrogen-bond acceptors (Lipinski definition) is 5. The quantitative estimate of drug-likeness (QED) is 0.153. The summed E-state index contributed by atoms with van der Waals surface area (Å²) in [7, 11) is 0. The predicted molar refractivity (Wildman–Crippen MR) is 231 cm³/mol. The molecule has 264 valence electrons. The number of hydrogen-bond donors (Lipinski definition) is 0. The highest BCUT2D eigenvalue weighted by Crippen LogP contribution is 2.46. The van der Waals surface area contributed by atoms with Crippen LogP contribution in [-0.2, 0) is 0 Å². The fourth-order valence-corrected chi connectivity index (χ4v) is 8.17. The summed E-state index contributed by atoms with van der Waals surface area (Å²) in [5.41, 5.74) is 10.3. The molecule has 0 atom stereocenters. The van der Waals surface area contributed by atoms with Crippen LogP contribution >= 0.6 is 0 Å². The van der Waals surface area contributed by atoms with Gasteiger partial charge in [-0.25, -0.2) is 4.98 Å². The SMILES string of the molecule is c1ccc(N(c2ccccc2)c2cccc(N(c3cccc(-c4nc5c6ccccc6c6ccccc6c5o4)c3)c3cccc4oc5ccccc5c34)c2)cc1. The summed E-state index contributed by atoms with van der Waals surface area (Å²) in [6.07, 6.45) is 0. The minimum atomic E-state index is 0.573. The number of benzene rings is 9. The molecule has 56 heavy (non-hydrogen) atoms. The van der Waals surface area contributed by atoms with Crippen molar-refractivity contribution in [3.63, 3.8) is 0 Å². The van der Waals surface area contributed by atoms with Crippen LogP contribution in [-0.4, -0.2) is 4.98 Å². The van der Waals surface area contributed by atoms with Crippen molar-refractivity contribution >= 4 is 88.7 Å². The number of nitrogens with zero attached hydrogens (tertiary/aromatic N) is 3. The minimum absolute atomic E-state index is 0.573. The Bertz CT molecular complexity index is 3110. The van der Waals surface area contributed by atoms with Crippen molar-refractivity contribution in [1.29, 1.82) is 0 Å². The van der Waals surface area contributed by atoms with E-state index >= 15 is 0 Å². The summed E-state index contributed by atoms with van der Waals surface area (Å²) < 4.78 is 13.2. The van der Waals surface area contributed by atoms with Crippen molar-refractivity contribution < 1.29 is 8.83 Å². The molecule has 5 heteroatoms. The van der Waals surface area contributed by atoms with Gasteiger partial charge in [-0.3, -0.25) is 0 Å². The molecule has 2 heterocycles. The molecule has 5 nitrogen and oxygen atoms in total. The largest absolute Gasteiger partial charge is 0.456 e. The van der Waals surface area contributed by atoms with Gasteiger partial charge in [0.1, 0.15) is 16.7 Å². The minimum Gasteiger partial charge on any atom is -0.456 e. The first-order valence-electron chi connectivity index (χ1n) is 18.8. The van der Waals surface area contributed by atoms with Crippen molar-refractivity contribution in [3.05, 3.63) is 200 Å². The average molecular weight is 720 g/mol. The monoisotopic (exact) mass is 719 g/mol. The van der Waals surface area contributed by atoms with Gasteiger partial charge in [-0.2, -0.15) is 0 Å². The van der Waals surface area contributed by atoms with E-state index in [9.17, 15) is 0 Å². The maximum atomic E-state index is 6.73. The van der Waals surface area contributed by atoms with E-state index in [0.717, 1.165) is 94.3 Å². The molecule has 0 fully saturated rings. The summed E-state index contributed by atoms with van der Waals surface area (Å²) in [6.45, 7) is 0. The normalized spacial score (nSPS) is 11.6. The zero-order chi connectivity index (χ0) is 37.0. The smallest absolute Gasteiger partial charge is 0.227 e. The number of aromatic nitrogens is 1. The van der Waals surface area contributed by atoms with E-state index in [0.29, 0.717) is 5.89 Å². The summed E-state index contributed by atoms with van der Waals surface area (Å²) in [6, 6.07) is 69.6. The molecule has 11 rings (SSSR count). The zero-order valence-corrected chi connectivity index (χ0v) is 30.2. The highest BCUT2D eigenvalue weighted by Gasteiger charge is 2.23. The zero-order valence-electron chi connectivity index (χ0n) is 30.2. The summed E-state index contributed by atoms with van der Waals surface area (Å²) in [4.78, 5) is 9.80. The molecule has 0 radical (unpaired) electrons. The van der Waals surface area contributed by atoms with Crippen LogP contribution in [0.25, 0.3) is 66.0 Å². The van der Waals surface area contributed by atoms with E-state index in [1.807, 2.05) is 18.2 Å². The number of oxazole rings is 1. The van der Waals surface area contributed by atoms with Gasteiger partial charge >= 0.3 is 0 Å². The number of para-hydroxylation sites is 3. The Morgan fingerprint density at radius 2 is 0.875 bits per heavy atom. The highest BCUT2D eigenvalue weighted by molar-refractivity contribution is 6.23. The summed E-state index contributed by atoms with van der Waals surface area (Å²) in [5.74, 6) is 0.573. The molecule has 0 amide bonds. The van der Waals surface area contributed by atoms with Crippen LogP contribution in [0.15, 0.2) is 209 Å². The molecule has 0 aliphatic heterocycles. The second kappa shape index (κ2) is 13.0. The maximum absolute atomic E-state index is 6.73. The Labute approximate surface area is 322 Å². The molecule has 0 aliphatic carbocycles. The van der Waals surface area contributed by atoms with Gasteiger partial charge in [-0.05, 0) is 89.6 Å². The second-order valence-corrected chi connectivity index (χ2v) is 13.9. The third kappa shape index (κ3) is 5.21. The molecular weight excluding hydrogens is 687 g/mol. The van der Waals surface area contributed by atoms with Crippen LogP contribution < -0.4 is 9.80 Å². The first-order chi connectivity index (χ1) is 27.8. The molecule has 2 aromatic heterocycles. The van der Waals surface area contributed by atoms with E-state index in [1.165, 1.54) is 0 Å². The molecule has 0 saturated heterocycles. The van der Waals surface area contributed by atoms with Crippen LogP contribution in [0.5, 0.6) is 0 Å². The Balaban J connectivity index is 1.13. The number of furan rings is 1. The molecule has 11 aromatic rings. The highest BCUT2D eigenvalue weighted by atomic mass is 16.3. The van der Waals surface area contributed by atoms with Crippen LogP contribution in [0.2, 0.25) is 0 Å². The lowest BCUT2D eigenvalue weighted by Crippen LogP contribution is -2.13. The third-order valence-electron chi connectivity index (χ3n) is 10.6. The van der Waals surface area contributed by atoms with Gasteiger partial charge < -0.3 is 18.6 Å². The predicted octanol–water partition coefficient (Wildman–Crippen LogP) is 14.6. The van der Waals surface area contributed by atoms with Gasteiger partial charge in [0, 0.05) is 50.2 Å². The first kappa shape index (κ1) is 31.9. The fraction of sp³-hybridized carbons (Fsp3) is 0. The van der Waals surface area contributed by atoms with E-state index in [-0.39, 0.29) is 0 Å². The molecule has 0 N–H and O–H groups in total. The lowest BCUT2D eigenvalue weighted by Gasteiger charge is -2.29. The number of fused-ring (bicyclic) bond motifs is 9. The lowest BCUT2D eigenvalue weighted by molar-refractivity contribution is 0.623. The second-order valence-electron chi connectivity index (χ2n) is 13.9. The van der Waals surface area contributed by atoms with Gasteiger partial charge in [-0.1, -0.05) is 121 Å². The van der Waals surface area contributed by atoms with E-state index in [2.05, 4.69) is 192 Å². The van der Waals surface area contributed by atoms with Crippen molar-refractivity contribution in [1.82, 2.24) is 4.98 Å². The first-order valence-corrected chi connectivity index (χ1v) is 18.8. The molecule has 0 aliphatic rings. The van der Waals surface area contributed by atoms with Crippen molar-refractivity contribution in [2.45, 2.75) is 0 Å². The molecule has 0 unspecified atom stereocenters. The topological polar surface area (TPSA) is 45.7 Å². The Morgan fingerprint density at radius 3 is 1.61 bits per heavy atom. The van der Waals surface area contributed by atoms with E-state index in [1.54, 1.807) is 0 Å².